The van der Waals surface area contributed by atoms with Crippen LogP contribution in [0, 0.1) is 5.41 Å². The maximum Gasteiger partial charge on any atom is 0.239 e. The van der Waals surface area contributed by atoms with Crippen molar-refractivity contribution >= 4 is 17.5 Å². The highest BCUT2D eigenvalue weighted by Crippen LogP contribution is 2.21. The maximum absolute atomic E-state index is 12.3. The minimum absolute atomic E-state index is 0.316. The molecule has 22 heavy (non-hydrogen) atoms. The van der Waals surface area contributed by atoms with Crippen LogP contribution in [0.1, 0.15) is 20.3 Å². The predicted octanol–water partition coefficient (Wildman–Crippen LogP) is 1.81. The summed E-state index contributed by atoms with van der Waals surface area (Å²) in [6.45, 7) is 4.22. The molecule has 0 bridgehead atoms. The molecule has 2 amide bonds. The third kappa shape index (κ3) is 5.04. The molecule has 0 atom stereocenters. The molecular weight excluding hydrogens is 284 g/mol. The Balaban J connectivity index is 2.62. The van der Waals surface area contributed by atoms with Crippen LogP contribution in [0.5, 0.6) is 5.75 Å². The first-order valence-electron chi connectivity index (χ1n) is 7.14. The summed E-state index contributed by atoms with van der Waals surface area (Å²) in [6.07, 6.45) is 0.704. The molecule has 1 aromatic carbocycles. The van der Waals surface area contributed by atoms with E-state index in [4.69, 9.17) is 9.47 Å². The molecule has 0 aromatic heterocycles. The molecule has 0 saturated heterocycles. The normalized spacial score (nSPS) is 10.9. The summed E-state index contributed by atoms with van der Waals surface area (Å²) in [7, 11) is 3.16. The molecule has 2 N–H and O–H groups in total. The quantitative estimate of drug-likeness (QED) is 0.567. The molecule has 0 aliphatic carbocycles. The van der Waals surface area contributed by atoms with Crippen LogP contribution >= 0.6 is 0 Å². The summed E-state index contributed by atoms with van der Waals surface area (Å²) in [5.41, 5.74) is -0.583. The number of rotatable bonds is 8. The van der Waals surface area contributed by atoms with Gasteiger partial charge in [0.2, 0.25) is 11.8 Å². The van der Waals surface area contributed by atoms with Crippen LogP contribution in [0.4, 0.5) is 5.69 Å². The predicted molar refractivity (Wildman–Crippen MR) is 84.9 cm³/mol. The summed E-state index contributed by atoms with van der Waals surface area (Å²) in [5.74, 6) is -0.0476. The van der Waals surface area contributed by atoms with Crippen LogP contribution in [0.2, 0.25) is 0 Å². The molecule has 0 aliphatic heterocycles. The first-order chi connectivity index (χ1) is 10.4. The van der Waals surface area contributed by atoms with Gasteiger partial charge in [-0.3, -0.25) is 9.59 Å². The van der Waals surface area contributed by atoms with Crippen molar-refractivity contribution < 1.29 is 19.1 Å². The fourth-order valence-electron chi connectivity index (χ4n) is 1.73. The Labute approximate surface area is 131 Å². The lowest BCUT2D eigenvalue weighted by atomic mass is 9.91. The van der Waals surface area contributed by atoms with Gasteiger partial charge in [-0.25, -0.2) is 0 Å². The van der Waals surface area contributed by atoms with Crippen molar-refractivity contribution in [3.63, 3.8) is 0 Å². The summed E-state index contributed by atoms with van der Waals surface area (Å²) in [4.78, 5) is 24.5. The van der Waals surface area contributed by atoms with Crippen molar-refractivity contribution in [2.75, 3.05) is 32.7 Å². The van der Waals surface area contributed by atoms with Crippen LogP contribution in [0.15, 0.2) is 24.3 Å². The SMILES string of the molecule is COCCCNC(=O)C(C)(C)C(=O)Nc1cccc(OC)c1. The minimum atomic E-state index is -1.17. The first-order valence-corrected chi connectivity index (χ1v) is 7.14. The molecule has 6 heteroatoms. The second kappa shape index (κ2) is 8.38. The van der Waals surface area contributed by atoms with Crippen molar-refractivity contribution in [1.82, 2.24) is 5.32 Å². The number of benzene rings is 1. The van der Waals surface area contributed by atoms with E-state index in [-0.39, 0.29) is 11.8 Å². The van der Waals surface area contributed by atoms with Gasteiger partial charge in [-0.2, -0.15) is 0 Å². The Morgan fingerprint density at radius 2 is 1.91 bits per heavy atom. The van der Waals surface area contributed by atoms with Crippen molar-refractivity contribution in [1.29, 1.82) is 0 Å². The second-order valence-electron chi connectivity index (χ2n) is 5.41. The van der Waals surface area contributed by atoms with Gasteiger partial charge < -0.3 is 20.1 Å². The van der Waals surface area contributed by atoms with E-state index in [0.29, 0.717) is 31.0 Å². The van der Waals surface area contributed by atoms with Crippen LogP contribution in [0.3, 0.4) is 0 Å². The Morgan fingerprint density at radius 3 is 2.55 bits per heavy atom. The van der Waals surface area contributed by atoms with E-state index in [1.807, 2.05) is 0 Å². The van der Waals surface area contributed by atoms with Gasteiger partial charge in [-0.05, 0) is 32.4 Å². The fraction of sp³-hybridized carbons (Fsp3) is 0.500. The maximum atomic E-state index is 12.3. The number of hydrogen-bond donors (Lipinski definition) is 2. The number of carbonyl (C=O) groups excluding carboxylic acids is 2. The Kier molecular flexibility index (Phi) is 6.85. The fourth-order valence-corrected chi connectivity index (χ4v) is 1.73. The summed E-state index contributed by atoms with van der Waals surface area (Å²) in [6, 6.07) is 6.99. The molecule has 6 nitrogen and oxygen atoms in total. The molecule has 0 spiro atoms. The lowest BCUT2D eigenvalue weighted by Gasteiger charge is -2.22. The molecule has 122 valence electrons. The van der Waals surface area contributed by atoms with Crippen molar-refractivity contribution in [3.05, 3.63) is 24.3 Å². The topological polar surface area (TPSA) is 76.7 Å². The van der Waals surface area contributed by atoms with Crippen molar-refractivity contribution in [2.45, 2.75) is 20.3 Å². The van der Waals surface area contributed by atoms with Crippen LogP contribution in [0.25, 0.3) is 0 Å². The molecule has 1 rings (SSSR count). The van der Waals surface area contributed by atoms with E-state index in [2.05, 4.69) is 10.6 Å². The number of anilines is 1. The number of amides is 2. The highest BCUT2D eigenvalue weighted by molar-refractivity contribution is 6.09. The third-order valence-electron chi connectivity index (χ3n) is 3.27. The Hall–Kier alpha value is -2.08. The Bertz CT molecular complexity index is 515. The van der Waals surface area contributed by atoms with Gasteiger partial charge in [0.05, 0.1) is 7.11 Å². The Morgan fingerprint density at radius 1 is 1.18 bits per heavy atom. The number of nitrogens with one attached hydrogen (secondary N) is 2. The van der Waals surface area contributed by atoms with E-state index in [1.54, 1.807) is 52.3 Å². The lowest BCUT2D eigenvalue weighted by molar-refractivity contribution is -0.138. The van der Waals surface area contributed by atoms with E-state index < -0.39 is 5.41 Å². The van der Waals surface area contributed by atoms with E-state index in [1.165, 1.54) is 0 Å². The van der Waals surface area contributed by atoms with E-state index >= 15 is 0 Å². The van der Waals surface area contributed by atoms with Gasteiger partial charge in [0.1, 0.15) is 11.2 Å². The molecule has 0 saturated carbocycles. The summed E-state index contributed by atoms with van der Waals surface area (Å²) >= 11 is 0. The largest absolute Gasteiger partial charge is 0.497 e. The average molecular weight is 308 g/mol. The van der Waals surface area contributed by atoms with Gasteiger partial charge in [0.25, 0.3) is 0 Å². The van der Waals surface area contributed by atoms with Gasteiger partial charge in [-0.15, -0.1) is 0 Å². The molecule has 0 fully saturated rings. The van der Waals surface area contributed by atoms with Crippen LogP contribution < -0.4 is 15.4 Å². The third-order valence-corrected chi connectivity index (χ3v) is 3.27. The molecule has 0 unspecified atom stereocenters. The zero-order chi connectivity index (χ0) is 16.6. The monoisotopic (exact) mass is 308 g/mol. The molecule has 1 aromatic rings. The van der Waals surface area contributed by atoms with Crippen molar-refractivity contribution in [2.24, 2.45) is 5.41 Å². The van der Waals surface area contributed by atoms with Gasteiger partial charge in [0.15, 0.2) is 0 Å². The van der Waals surface area contributed by atoms with Crippen molar-refractivity contribution in [3.8, 4) is 5.75 Å². The van der Waals surface area contributed by atoms with E-state index in [0.717, 1.165) is 0 Å². The van der Waals surface area contributed by atoms with Crippen LogP contribution in [-0.4, -0.2) is 39.2 Å². The molecule has 0 radical (unpaired) electrons. The molecule has 0 aliphatic rings. The molecular formula is C16H24N2O4. The van der Waals surface area contributed by atoms with Gasteiger partial charge in [0, 0.05) is 32.0 Å². The first kappa shape index (κ1) is 18.0. The number of ether oxygens (including phenoxy) is 2. The average Bonchev–Trinajstić information content (AvgIpc) is 2.51. The van der Waals surface area contributed by atoms with E-state index in [9.17, 15) is 9.59 Å². The number of methoxy groups -OCH3 is 2. The smallest absolute Gasteiger partial charge is 0.239 e. The highest BCUT2D eigenvalue weighted by Gasteiger charge is 2.35. The zero-order valence-electron chi connectivity index (χ0n) is 13.6. The zero-order valence-corrected chi connectivity index (χ0v) is 13.6. The summed E-state index contributed by atoms with van der Waals surface area (Å²) < 4.78 is 10.0. The number of carbonyl (C=O) groups is 2. The highest BCUT2D eigenvalue weighted by atomic mass is 16.5. The molecule has 0 heterocycles. The summed E-state index contributed by atoms with van der Waals surface area (Å²) in [5, 5.41) is 5.48. The van der Waals surface area contributed by atoms with Gasteiger partial charge in [-0.1, -0.05) is 6.07 Å². The lowest BCUT2D eigenvalue weighted by Crippen LogP contribution is -2.45. The number of hydrogen-bond acceptors (Lipinski definition) is 4. The minimum Gasteiger partial charge on any atom is -0.497 e. The van der Waals surface area contributed by atoms with Gasteiger partial charge >= 0.3 is 0 Å². The standard InChI is InChI=1S/C16H24N2O4/c1-16(2,14(19)17-9-6-10-21-3)15(20)18-12-7-5-8-13(11-12)22-4/h5,7-8,11H,6,9-10H2,1-4H3,(H,17,19)(H,18,20). The second-order valence-corrected chi connectivity index (χ2v) is 5.41. The van der Waals surface area contributed by atoms with Crippen LogP contribution in [-0.2, 0) is 14.3 Å².